The van der Waals surface area contributed by atoms with Gasteiger partial charge in [-0.15, -0.1) is 11.8 Å². The number of aromatic amines is 1. The Balaban J connectivity index is 2.20. The van der Waals surface area contributed by atoms with E-state index in [4.69, 9.17) is 4.74 Å². The van der Waals surface area contributed by atoms with Gasteiger partial charge in [0, 0.05) is 18.7 Å². The van der Waals surface area contributed by atoms with E-state index in [1.807, 2.05) is 0 Å². The summed E-state index contributed by atoms with van der Waals surface area (Å²) in [5.41, 5.74) is -0.937. The maximum absolute atomic E-state index is 11.8. The molecule has 1 aliphatic heterocycles. The molecule has 7 nitrogen and oxygen atoms in total. The second kappa shape index (κ2) is 5.72. The monoisotopic (exact) mass is 302 g/mol. The van der Waals surface area contributed by atoms with Crippen LogP contribution in [0.1, 0.15) is 25.6 Å². The fraction of sp³-hybridized carbons (Fsp3) is 0.667. The molecule has 112 valence electrons. The first-order chi connectivity index (χ1) is 9.30. The fourth-order valence-electron chi connectivity index (χ4n) is 2.18. The predicted molar refractivity (Wildman–Crippen MR) is 74.6 cm³/mol. The molecule has 0 bridgehead atoms. The topological polar surface area (TPSA) is 105 Å². The van der Waals surface area contributed by atoms with Gasteiger partial charge >= 0.3 is 5.69 Å². The van der Waals surface area contributed by atoms with Crippen molar-refractivity contribution < 1.29 is 14.9 Å². The van der Waals surface area contributed by atoms with Gasteiger partial charge in [-0.3, -0.25) is 14.3 Å². The summed E-state index contributed by atoms with van der Waals surface area (Å²) in [6, 6.07) is 1.28. The van der Waals surface area contributed by atoms with Crippen LogP contribution in [0.3, 0.4) is 0 Å². The number of thioether (sulfide) groups is 1. The van der Waals surface area contributed by atoms with Gasteiger partial charge in [0.25, 0.3) is 5.56 Å². The molecule has 20 heavy (non-hydrogen) atoms. The maximum atomic E-state index is 11.8. The van der Waals surface area contributed by atoms with Crippen LogP contribution in [0.5, 0.6) is 0 Å². The van der Waals surface area contributed by atoms with Gasteiger partial charge in [0.1, 0.15) is 0 Å². The summed E-state index contributed by atoms with van der Waals surface area (Å²) in [7, 11) is 0. The molecule has 0 spiro atoms. The third-order valence-corrected chi connectivity index (χ3v) is 4.50. The highest BCUT2D eigenvalue weighted by atomic mass is 32.2. The molecular formula is C12H18N2O5S. The third kappa shape index (κ3) is 3.51. The van der Waals surface area contributed by atoms with Gasteiger partial charge in [-0.2, -0.15) is 0 Å². The largest absolute Gasteiger partial charge is 0.395 e. The van der Waals surface area contributed by atoms with E-state index in [1.165, 1.54) is 42.4 Å². The number of ether oxygens (including phenoxy) is 1. The van der Waals surface area contributed by atoms with Crippen molar-refractivity contribution in [1.82, 2.24) is 9.55 Å². The zero-order valence-corrected chi connectivity index (χ0v) is 12.1. The maximum Gasteiger partial charge on any atom is 0.329 e. The van der Waals surface area contributed by atoms with Crippen molar-refractivity contribution in [2.75, 3.05) is 6.61 Å². The van der Waals surface area contributed by atoms with Gasteiger partial charge in [0.2, 0.25) is 0 Å². The van der Waals surface area contributed by atoms with Gasteiger partial charge < -0.3 is 14.9 Å². The molecule has 1 aromatic heterocycles. The van der Waals surface area contributed by atoms with E-state index >= 15 is 0 Å². The summed E-state index contributed by atoms with van der Waals surface area (Å²) in [6.07, 6.45) is 1.53. The van der Waals surface area contributed by atoms with Crippen LogP contribution in [-0.4, -0.2) is 43.5 Å². The molecule has 0 amide bonds. The molecule has 8 heteroatoms. The van der Waals surface area contributed by atoms with Crippen LogP contribution in [-0.2, 0) is 4.74 Å². The molecule has 0 radical (unpaired) electrons. The summed E-state index contributed by atoms with van der Waals surface area (Å²) in [4.78, 5) is 25.0. The second-order valence-corrected chi connectivity index (χ2v) is 6.59. The summed E-state index contributed by atoms with van der Waals surface area (Å²) >= 11 is 1.39. The molecular weight excluding hydrogens is 284 g/mol. The Morgan fingerprint density at radius 2 is 2.25 bits per heavy atom. The quantitative estimate of drug-likeness (QED) is 0.657. The van der Waals surface area contributed by atoms with Crippen molar-refractivity contribution in [3.8, 4) is 0 Å². The highest BCUT2D eigenvalue weighted by molar-refractivity contribution is 8.00. The van der Waals surface area contributed by atoms with E-state index in [0.717, 1.165) is 0 Å². The molecule has 0 aromatic carbocycles. The molecule has 2 rings (SSSR count). The van der Waals surface area contributed by atoms with Gasteiger partial charge in [0.05, 0.1) is 23.3 Å². The summed E-state index contributed by atoms with van der Waals surface area (Å²) in [6.45, 7) is 2.93. The predicted octanol–water partition coefficient (Wildman–Crippen LogP) is -0.353. The average Bonchev–Trinajstić information content (AvgIpc) is 2.69. The summed E-state index contributed by atoms with van der Waals surface area (Å²) in [5.74, 6) is -1.30. The fourth-order valence-corrected chi connectivity index (χ4v) is 3.61. The van der Waals surface area contributed by atoms with Gasteiger partial charge in [-0.05, 0) is 13.8 Å². The number of hydrogen-bond acceptors (Lipinski definition) is 6. The van der Waals surface area contributed by atoms with Gasteiger partial charge in [0.15, 0.2) is 5.79 Å². The Morgan fingerprint density at radius 3 is 2.80 bits per heavy atom. The minimum absolute atomic E-state index is 0.111. The Morgan fingerprint density at radius 1 is 1.55 bits per heavy atom. The second-order valence-electron chi connectivity index (χ2n) is 5.17. The van der Waals surface area contributed by atoms with E-state index < -0.39 is 17.0 Å². The van der Waals surface area contributed by atoms with Crippen molar-refractivity contribution in [2.24, 2.45) is 0 Å². The van der Waals surface area contributed by atoms with Crippen molar-refractivity contribution in [3.63, 3.8) is 0 Å². The van der Waals surface area contributed by atoms with Crippen molar-refractivity contribution in [1.29, 1.82) is 0 Å². The Kier molecular flexibility index (Phi) is 4.38. The molecule has 2 heterocycles. The highest BCUT2D eigenvalue weighted by Gasteiger charge is 2.39. The molecule has 3 N–H and O–H groups in total. The zero-order valence-electron chi connectivity index (χ0n) is 11.3. The van der Waals surface area contributed by atoms with Crippen molar-refractivity contribution in [3.05, 3.63) is 33.1 Å². The van der Waals surface area contributed by atoms with Crippen molar-refractivity contribution >= 4 is 11.8 Å². The molecule has 1 fully saturated rings. The molecule has 1 aliphatic rings. The molecule has 0 saturated carbocycles. The lowest BCUT2D eigenvalue weighted by molar-refractivity contribution is -0.206. The molecule has 1 aromatic rings. The minimum atomic E-state index is -1.30. The van der Waals surface area contributed by atoms with Crippen LogP contribution >= 0.6 is 11.8 Å². The first kappa shape index (κ1) is 15.3. The van der Waals surface area contributed by atoms with E-state index in [2.05, 4.69) is 4.98 Å². The Hall–Kier alpha value is -1.09. The molecule has 3 atom stereocenters. The van der Waals surface area contributed by atoms with Crippen molar-refractivity contribution in [2.45, 2.75) is 42.8 Å². The lowest BCUT2D eigenvalue weighted by atomic mass is 10.2. The molecule has 3 unspecified atom stereocenters. The van der Waals surface area contributed by atoms with Crippen LogP contribution in [0.2, 0.25) is 0 Å². The number of H-pyrrole nitrogens is 1. The number of rotatable bonds is 4. The van der Waals surface area contributed by atoms with Crippen LogP contribution in [0.25, 0.3) is 0 Å². The number of nitrogens with one attached hydrogen (secondary N) is 1. The number of hydrogen-bond donors (Lipinski definition) is 3. The molecule has 0 aliphatic carbocycles. The summed E-state index contributed by atoms with van der Waals surface area (Å²) < 4.78 is 6.91. The molecule has 1 saturated heterocycles. The smallest absolute Gasteiger partial charge is 0.329 e. The van der Waals surface area contributed by atoms with Crippen LogP contribution in [0.15, 0.2) is 21.9 Å². The average molecular weight is 302 g/mol. The normalized spacial score (nSPS) is 26.9. The number of aromatic nitrogens is 2. The minimum Gasteiger partial charge on any atom is -0.395 e. The lowest BCUT2D eigenvalue weighted by Gasteiger charge is -2.26. The van der Waals surface area contributed by atoms with Crippen LogP contribution in [0.4, 0.5) is 0 Å². The lowest BCUT2D eigenvalue weighted by Crippen LogP contribution is -2.35. The number of aliphatic hydroxyl groups excluding tert-OH is 1. The van der Waals surface area contributed by atoms with Gasteiger partial charge in [-0.1, -0.05) is 0 Å². The van der Waals surface area contributed by atoms with E-state index in [9.17, 15) is 19.8 Å². The van der Waals surface area contributed by atoms with E-state index in [0.29, 0.717) is 6.42 Å². The van der Waals surface area contributed by atoms with E-state index in [-0.39, 0.29) is 23.3 Å². The van der Waals surface area contributed by atoms with Gasteiger partial charge in [-0.25, -0.2) is 4.79 Å². The third-order valence-electron chi connectivity index (χ3n) is 2.96. The summed E-state index contributed by atoms with van der Waals surface area (Å²) in [5, 5.41) is 18.6. The first-order valence-electron chi connectivity index (χ1n) is 6.28. The highest BCUT2D eigenvalue weighted by Crippen LogP contribution is 2.42. The Labute approximate surface area is 119 Å². The van der Waals surface area contributed by atoms with Crippen LogP contribution < -0.4 is 11.2 Å². The zero-order chi connectivity index (χ0) is 14.9. The van der Waals surface area contributed by atoms with Crippen LogP contribution in [0, 0.1) is 0 Å². The number of nitrogens with zero attached hydrogens (tertiary/aromatic N) is 1. The standard InChI is InChI=1S/C12H18N2O5S/c1-12(2,18)19-7-5-10(20-8(7)6-15)14-4-3-9(16)13-11(14)17/h3-4,7-8,10,15,18H,5-6H2,1-2H3,(H,13,16,17). The SMILES string of the molecule is CC(C)(O)OC1CC(n2ccc(=O)[nH]c2=O)SC1CO. The Bertz CT molecular complexity index is 576. The first-order valence-corrected chi connectivity index (χ1v) is 7.22. The number of aliphatic hydroxyl groups is 2. The van der Waals surface area contributed by atoms with E-state index in [1.54, 1.807) is 0 Å².